The second kappa shape index (κ2) is 11.9. The zero-order valence-corrected chi connectivity index (χ0v) is 24.4. The topological polar surface area (TPSA) is 172 Å². The highest BCUT2D eigenvalue weighted by molar-refractivity contribution is 6.07. The number of H-pyrrole nitrogens is 1. The monoisotopic (exact) mass is 609 g/mol. The van der Waals surface area contributed by atoms with E-state index in [-0.39, 0.29) is 30.0 Å². The third-order valence-electron chi connectivity index (χ3n) is 8.15. The van der Waals surface area contributed by atoms with Gasteiger partial charge in [-0.05, 0) is 42.3 Å². The lowest BCUT2D eigenvalue weighted by Gasteiger charge is -2.27. The molecule has 3 aromatic carbocycles. The van der Waals surface area contributed by atoms with Crippen molar-refractivity contribution in [1.29, 1.82) is 0 Å². The zero-order valence-electron chi connectivity index (χ0n) is 24.4. The molecule has 0 radical (unpaired) electrons. The number of nitrogens with one attached hydrogen (secondary N) is 1. The molecule has 13 nitrogen and oxygen atoms in total. The Balaban J connectivity index is 1.24. The molecular formula is C32H31N7O6. The predicted molar refractivity (Wildman–Crippen MR) is 166 cm³/mol. The number of benzene rings is 3. The molecule has 1 amide bonds. The lowest BCUT2D eigenvalue weighted by molar-refractivity contribution is -0.385. The van der Waals surface area contributed by atoms with Crippen molar-refractivity contribution in [1.82, 2.24) is 24.8 Å². The minimum absolute atomic E-state index is 0.0168. The molecule has 45 heavy (non-hydrogen) atoms. The van der Waals surface area contributed by atoms with E-state index >= 15 is 0 Å². The number of carbonyl (C=O) groups is 1. The van der Waals surface area contributed by atoms with Gasteiger partial charge in [0.15, 0.2) is 5.60 Å². The first-order valence-electron chi connectivity index (χ1n) is 14.5. The number of nitro groups is 1. The van der Waals surface area contributed by atoms with E-state index in [1.165, 1.54) is 27.8 Å². The number of aromatic nitrogens is 5. The Morgan fingerprint density at radius 3 is 2.62 bits per heavy atom. The van der Waals surface area contributed by atoms with Crippen molar-refractivity contribution >= 4 is 28.2 Å². The van der Waals surface area contributed by atoms with Gasteiger partial charge in [0.25, 0.3) is 17.2 Å². The number of anilines is 1. The van der Waals surface area contributed by atoms with Gasteiger partial charge in [0, 0.05) is 49.4 Å². The first-order chi connectivity index (χ1) is 21.7. The third kappa shape index (κ3) is 5.43. The van der Waals surface area contributed by atoms with Gasteiger partial charge in [-0.15, -0.1) is 5.10 Å². The first-order valence-corrected chi connectivity index (χ1v) is 14.5. The molecule has 2 aromatic heterocycles. The molecule has 0 saturated carbocycles. The Morgan fingerprint density at radius 2 is 1.89 bits per heavy atom. The highest BCUT2D eigenvalue weighted by Gasteiger charge is 2.53. The normalized spacial score (nSPS) is 17.0. The van der Waals surface area contributed by atoms with Gasteiger partial charge in [-0.1, -0.05) is 48.6 Å². The van der Waals surface area contributed by atoms with Crippen LogP contribution >= 0.6 is 0 Å². The quantitative estimate of drug-likeness (QED) is 0.116. The summed E-state index contributed by atoms with van der Waals surface area (Å²) in [6.45, 7) is 2.29. The maximum atomic E-state index is 13.9. The molecule has 3 N–H and O–H groups in total. The Kier molecular flexibility index (Phi) is 7.87. The van der Waals surface area contributed by atoms with E-state index in [1.807, 2.05) is 18.2 Å². The highest BCUT2D eigenvalue weighted by atomic mass is 16.6. The number of amides is 1. The second-order valence-corrected chi connectivity index (χ2v) is 11.0. The van der Waals surface area contributed by atoms with Crippen molar-refractivity contribution in [3.05, 3.63) is 122 Å². The van der Waals surface area contributed by atoms with E-state index in [2.05, 4.69) is 15.4 Å². The molecular weight excluding hydrogens is 578 g/mol. The van der Waals surface area contributed by atoms with Crippen LogP contribution in [-0.4, -0.2) is 52.4 Å². The summed E-state index contributed by atoms with van der Waals surface area (Å²) in [6.07, 6.45) is 6.25. The van der Waals surface area contributed by atoms with E-state index in [0.717, 1.165) is 5.56 Å². The Morgan fingerprint density at radius 1 is 1.11 bits per heavy atom. The number of rotatable bonds is 11. The number of para-hydroxylation sites is 1. The van der Waals surface area contributed by atoms with Crippen LogP contribution in [0, 0.1) is 16.0 Å². The van der Waals surface area contributed by atoms with Crippen molar-refractivity contribution in [2.75, 3.05) is 11.5 Å². The third-order valence-corrected chi connectivity index (χ3v) is 8.15. The summed E-state index contributed by atoms with van der Waals surface area (Å²) in [5.74, 6) is -1.30. The molecule has 6 rings (SSSR count). The van der Waals surface area contributed by atoms with Gasteiger partial charge in [-0.25, -0.2) is 4.68 Å². The minimum Gasteiger partial charge on any atom is -0.396 e. The number of hydrogen-bond acceptors (Lipinski definition) is 8. The first kappa shape index (κ1) is 29.7. The van der Waals surface area contributed by atoms with Crippen LogP contribution in [0.25, 0.3) is 16.6 Å². The molecule has 1 aliphatic heterocycles. The van der Waals surface area contributed by atoms with Crippen LogP contribution in [0.4, 0.5) is 11.4 Å². The van der Waals surface area contributed by atoms with Crippen LogP contribution in [0.15, 0.2) is 89.9 Å². The maximum Gasteiger partial charge on any atom is 0.279 e. The number of hydrogen-bond donors (Lipinski definition) is 3. The summed E-state index contributed by atoms with van der Waals surface area (Å²) < 4.78 is 3.10. The smallest absolute Gasteiger partial charge is 0.279 e. The summed E-state index contributed by atoms with van der Waals surface area (Å²) in [4.78, 5) is 39.3. The van der Waals surface area contributed by atoms with Gasteiger partial charge in [0.1, 0.15) is 0 Å². The Labute approximate surface area is 256 Å². The fraction of sp³-hybridized carbons (Fsp3) is 0.250. The predicted octanol–water partition coefficient (Wildman–Crippen LogP) is 3.37. The molecule has 0 unspecified atom stereocenters. The summed E-state index contributed by atoms with van der Waals surface area (Å²) >= 11 is 0. The van der Waals surface area contributed by atoms with Crippen molar-refractivity contribution in [3.8, 4) is 5.69 Å². The number of nitrogens with zero attached hydrogens (tertiary/aromatic N) is 6. The molecule has 2 atom stereocenters. The number of nitro benzene ring substituents is 1. The van der Waals surface area contributed by atoms with Crippen LogP contribution < -0.4 is 10.5 Å². The summed E-state index contributed by atoms with van der Waals surface area (Å²) in [6, 6.07) is 18.4. The number of aromatic amines is 1. The molecule has 3 heterocycles. The van der Waals surface area contributed by atoms with E-state index in [0.29, 0.717) is 47.4 Å². The molecule has 1 aliphatic rings. The van der Waals surface area contributed by atoms with Gasteiger partial charge in [0.05, 0.1) is 39.4 Å². The second-order valence-electron chi connectivity index (χ2n) is 11.0. The molecule has 0 spiro atoms. The van der Waals surface area contributed by atoms with Crippen molar-refractivity contribution in [3.63, 3.8) is 0 Å². The van der Waals surface area contributed by atoms with E-state index < -0.39 is 22.3 Å². The molecule has 0 fully saturated rings. The van der Waals surface area contributed by atoms with Crippen LogP contribution in [0.3, 0.4) is 0 Å². The lowest BCUT2D eigenvalue weighted by atomic mass is 9.82. The number of aliphatic hydroxyl groups is 2. The van der Waals surface area contributed by atoms with Gasteiger partial charge >= 0.3 is 0 Å². The summed E-state index contributed by atoms with van der Waals surface area (Å²) in [7, 11) is 0. The number of fused-ring (bicyclic) bond motifs is 2. The van der Waals surface area contributed by atoms with Crippen molar-refractivity contribution in [2.24, 2.45) is 5.92 Å². The number of aryl methyl sites for hydroxylation is 1. The minimum atomic E-state index is -2.03. The van der Waals surface area contributed by atoms with Crippen LogP contribution in [0.5, 0.6) is 0 Å². The fourth-order valence-electron chi connectivity index (χ4n) is 5.70. The average molecular weight is 610 g/mol. The van der Waals surface area contributed by atoms with E-state index in [9.17, 15) is 24.8 Å². The molecule has 0 aliphatic carbocycles. The molecule has 5 aromatic rings. The SMILES string of the molecule is C[C@H](/C=C/CCn1cc(CCO)nn1)[C@@]1(O)C(=O)N(Cc2ccc(-n3[nH]c4ccccc4c3=O)cc2)c2ccc([N+](=O)[O-])cc21. The average Bonchev–Trinajstić information content (AvgIpc) is 3.70. The van der Waals surface area contributed by atoms with Crippen LogP contribution in [0.1, 0.15) is 30.2 Å². The van der Waals surface area contributed by atoms with E-state index in [4.69, 9.17) is 5.11 Å². The highest BCUT2D eigenvalue weighted by Crippen LogP contribution is 2.47. The molecule has 0 bridgehead atoms. The zero-order chi connectivity index (χ0) is 31.7. The van der Waals surface area contributed by atoms with Crippen molar-refractivity contribution in [2.45, 2.75) is 38.5 Å². The standard InChI is InChI=1S/C32H31N7O6/c1-21(6-4-5-16-36-20-23(15-17-40)33-35-36)32(43)27-18-25(39(44)45)13-14-29(27)37(31(32)42)19-22-9-11-24(12-10-22)38-30(41)26-7-2-3-8-28(26)34-38/h2-4,6-14,18,20-21,34,40,43H,5,15-17,19H2,1H3/b6-4+/t21-,32+/m1/s1. The van der Waals surface area contributed by atoms with E-state index in [1.54, 1.807) is 60.3 Å². The van der Waals surface area contributed by atoms with Gasteiger partial charge in [-0.2, -0.15) is 0 Å². The number of carbonyl (C=O) groups excluding carboxylic acids is 1. The summed E-state index contributed by atoms with van der Waals surface area (Å²) in [5, 5.41) is 44.3. The van der Waals surface area contributed by atoms with Gasteiger partial charge in [-0.3, -0.25) is 29.5 Å². The fourth-order valence-corrected chi connectivity index (χ4v) is 5.70. The van der Waals surface area contributed by atoms with Crippen molar-refractivity contribution < 1.29 is 19.9 Å². The summed E-state index contributed by atoms with van der Waals surface area (Å²) in [5.41, 5.74) is 0.883. The molecule has 13 heteroatoms. The molecule has 0 saturated heterocycles. The number of aliphatic hydroxyl groups excluding tert-OH is 1. The molecule has 230 valence electrons. The lowest BCUT2D eigenvalue weighted by Crippen LogP contribution is -2.44. The number of non-ortho nitro benzene ring substituents is 1. The Hall–Kier alpha value is -5.40. The maximum absolute atomic E-state index is 13.9. The number of allylic oxidation sites excluding steroid dienone is 1. The Bertz CT molecular complexity index is 1980. The van der Waals surface area contributed by atoms with Crippen LogP contribution in [-0.2, 0) is 29.9 Å². The van der Waals surface area contributed by atoms with Gasteiger partial charge < -0.3 is 15.1 Å². The van der Waals surface area contributed by atoms with Crippen LogP contribution in [0.2, 0.25) is 0 Å². The van der Waals surface area contributed by atoms with Gasteiger partial charge in [0.2, 0.25) is 0 Å². The largest absolute Gasteiger partial charge is 0.396 e.